The molecule has 1 aromatic heterocycles. The maximum atomic E-state index is 15.3. The first kappa shape index (κ1) is 24.1. The van der Waals surface area contributed by atoms with Gasteiger partial charge in [0.25, 0.3) is 5.56 Å². The normalized spacial score (nSPS) is 19.5. The van der Waals surface area contributed by atoms with Gasteiger partial charge in [0.2, 0.25) is 0 Å². The van der Waals surface area contributed by atoms with Gasteiger partial charge in [-0.05, 0) is 64.9 Å². The van der Waals surface area contributed by atoms with Gasteiger partial charge >= 0.3 is 11.8 Å². The summed E-state index contributed by atoms with van der Waals surface area (Å²) in [5.41, 5.74) is -0.342. The predicted molar refractivity (Wildman–Crippen MR) is 129 cm³/mol. The van der Waals surface area contributed by atoms with Crippen LogP contribution < -0.4 is 27.3 Å². The Morgan fingerprint density at radius 2 is 1.97 bits per heavy atom. The molecular weight excluding hydrogens is 441 g/mol. The van der Waals surface area contributed by atoms with Crippen LogP contribution in [-0.2, 0) is 4.74 Å². The van der Waals surface area contributed by atoms with E-state index in [1.807, 2.05) is 25.7 Å². The molecule has 9 nitrogen and oxygen atoms in total. The van der Waals surface area contributed by atoms with Gasteiger partial charge in [0.05, 0.1) is 16.6 Å². The number of carbonyl (C=O) groups excluding carboxylic acids is 1. The summed E-state index contributed by atoms with van der Waals surface area (Å²) in [6.07, 6.45) is 2.04. The zero-order valence-electron chi connectivity index (χ0n) is 20.5. The molecule has 34 heavy (non-hydrogen) atoms. The summed E-state index contributed by atoms with van der Waals surface area (Å²) in [5, 5.41) is 2.94. The number of nitrogens with zero attached hydrogens (tertiary/aromatic N) is 3. The molecule has 0 spiro atoms. The second-order valence-electron chi connectivity index (χ2n) is 10.6. The monoisotopic (exact) mass is 475 g/mol. The minimum Gasteiger partial charge on any atom is -0.444 e. The third kappa shape index (κ3) is 4.50. The van der Waals surface area contributed by atoms with Crippen LogP contribution in [0.3, 0.4) is 0 Å². The fourth-order valence-electron chi connectivity index (χ4n) is 4.90. The van der Waals surface area contributed by atoms with Gasteiger partial charge in [-0.1, -0.05) is 6.92 Å². The highest BCUT2D eigenvalue weighted by atomic mass is 19.1. The van der Waals surface area contributed by atoms with Gasteiger partial charge in [-0.15, -0.1) is 0 Å². The smallest absolute Gasteiger partial charge is 0.407 e. The number of hydrogen-bond acceptors (Lipinski definition) is 6. The minimum atomic E-state index is -0.688. The van der Waals surface area contributed by atoms with E-state index in [9.17, 15) is 14.4 Å². The average molecular weight is 476 g/mol. The van der Waals surface area contributed by atoms with Crippen molar-refractivity contribution in [2.24, 2.45) is 11.8 Å². The minimum absolute atomic E-state index is 0.0207. The van der Waals surface area contributed by atoms with Gasteiger partial charge < -0.3 is 20.8 Å². The number of anilines is 1. The Morgan fingerprint density at radius 3 is 2.59 bits per heavy atom. The van der Waals surface area contributed by atoms with E-state index < -0.39 is 28.8 Å². The highest BCUT2D eigenvalue weighted by Crippen LogP contribution is 2.39. The van der Waals surface area contributed by atoms with E-state index in [-0.39, 0.29) is 23.3 Å². The lowest BCUT2D eigenvalue weighted by Crippen LogP contribution is -2.44. The van der Waals surface area contributed by atoms with Crippen molar-refractivity contribution in [3.63, 3.8) is 0 Å². The molecular formula is C24H34FN5O4. The molecule has 1 amide bonds. The molecule has 1 aliphatic carbocycles. The summed E-state index contributed by atoms with van der Waals surface area (Å²) in [6, 6.07) is 1.19. The van der Waals surface area contributed by atoms with Gasteiger partial charge in [-0.3, -0.25) is 9.36 Å². The Labute approximate surface area is 197 Å². The first-order valence-corrected chi connectivity index (χ1v) is 11.9. The molecule has 4 rings (SSSR count). The van der Waals surface area contributed by atoms with Crippen LogP contribution >= 0.6 is 0 Å². The fraction of sp³-hybridized carbons (Fsp3) is 0.625. The van der Waals surface area contributed by atoms with Crippen molar-refractivity contribution in [3.05, 3.63) is 38.3 Å². The zero-order chi connectivity index (χ0) is 24.9. The number of halogens is 1. The van der Waals surface area contributed by atoms with E-state index in [0.717, 1.165) is 19.3 Å². The van der Waals surface area contributed by atoms with Gasteiger partial charge in [0.1, 0.15) is 11.4 Å². The predicted octanol–water partition coefficient (Wildman–Crippen LogP) is 2.65. The number of ether oxygens (including phenoxy) is 1. The molecule has 1 aromatic carbocycles. The summed E-state index contributed by atoms with van der Waals surface area (Å²) < 4.78 is 22.8. The summed E-state index contributed by atoms with van der Waals surface area (Å²) in [6.45, 7) is 11.0. The summed E-state index contributed by atoms with van der Waals surface area (Å²) >= 11 is 0. The summed E-state index contributed by atoms with van der Waals surface area (Å²) in [7, 11) is 0. The van der Waals surface area contributed by atoms with Crippen molar-refractivity contribution in [2.75, 3.05) is 30.4 Å². The van der Waals surface area contributed by atoms with Crippen molar-refractivity contribution < 1.29 is 13.9 Å². The van der Waals surface area contributed by atoms with Crippen molar-refractivity contribution in [1.29, 1.82) is 0 Å². The molecule has 1 saturated heterocycles. The van der Waals surface area contributed by atoms with Crippen molar-refractivity contribution >= 4 is 22.7 Å². The second kappa shape index (κ2) is 8.63. The van der Waals surface area contributed by atoms with Crippen LogP contribution in [0.25, 0.3) is 10.9 Å². The standard InChI is InChI=1S/C24H34FN5O4/c1-13(11-27-22(32)34-24(3,4)5)15-8-9-28(12-15)20-14(2)19-17(10-18(20)25)21(31)30(26)23(33)29(19)16-6-7-16/h10,13,15-16H,6-9,11-12,26H2,1-5H3,(H,27,32)/t13-,15?/m1/s1. The largest absolute Gasteiger partial charge is 0.444 e. The zero-order valence-corrected chi connectivity index (χ0v) is 20.5. The Bertz CT molecular complexity index is 1240. The lowest BCUT2D eigenvalue weighted by molar-refractivity contribution is 0.0516. The molecule has 186 valence electrons. The number of fused-ring (bicyclic) bond motifs is 1. The highest BCUT2D eigenvalue weighted by Gasteiger charge is 2.33. The van der Waals surface area contributed by atoms with Crippen LogP contribution in [0.4, 0.5) is 14.9 Å². The maximum absolute atomic E-state index is 15.3. The summed E-state index contributed by atoms with van der Waals surface area (Å²) in [4.78, 5) is 39.4. The number of rotatable bonds is 5. The van der Waals surface area contributed by atoms with Gasteiger partial charge in [-0.2, -0.15) is 4.68 Å². The number of nitrogen functional groups attached to an aromatic ring is 1. The van der Waals surface area contributed by atoms with Gasteiger partial charge in [-0.25, -0.2) is 14.0 Å². The maximum Gasteiger partial charge on any atom is 0.407 e. The van der Waals surface area contributed by atoms with Crippen molar-refractivity contribution in [3.8, 4) is 0 Å². The van der Waals surface area contributed by atoms with Crippen LogP contribution in [-0.4, -0.2) is 40.6 Å². The second-order valence-corrected chi connectivity index (χ2v) is 10.6. The molecule has 3 N–H and O–H groups in total. The number of carbonyl (C=O) groups is 1. The summed E-state index contributed by atoms with van der Waals surface area (Å²) in [5.74, 6) is 5.62. The van der Waals surface area contributed by atoms with Crippen LogP contribution in [0, 0.1) is 24.6 Å². The van der Waals surface area contributed by atoms with Crippen LogP contribution in [0.5, 0.6) is 0 Å². The molecule has 1 aliphatic heterocycles. The fourth-order valence-corrected chi connectivity index (χ4v) is 4.90. The highest BCUT2D eigenvalue weighted by molar-refractivity contribution is 5.87. The Morgan fingerprint density at radius 1 is 1.29 bits per heavy atom. The van der Waals surface area contributed by atoms with Crippen molar-refractivity contribution in [1.82, 2.24) is 14.6 Å². The Balaban J connectivity index is 1.59. The van der Waals surface area contributed by atoms with Gasteiger partial charge in [0.15, 0.2) is 0 Å². The lowest BCUT2D eigenvalue weighted by Gasteiger charge is -2.26. The van der Waals surface area contributed by atoms with E-state index in [4.69, 9.17) is 10.6 Å². The number of nitrogens with two attached hydrogens (primary N) is 1. The molecule has 1 unspecified atom stereocenters. The molecule has 2 heterocycles. The third-order valence-electron chi connectivity index (χ3n) is 6.79. The van der Waals surface area contributed by atoms with Gasteiger partial charge in [0, 0.05) is 31.2 Å². The molecule has 1 saturated carbocycles. The molecule has 0 bridgehead atoms. The SMILES string of the molecule is Cc1c(N2CCC([C@H](C)CNC(=O)OC(C)(C)C)C2)c(F)cc2c(=O)n(N)c(=O)n(C3CC3)c12. The molecule has 2 aromatic rings. The van der Waals surface area contributed by atoms with Crippen LogP contribution in [0.2, 0.25) is 0 Å². The number of amides is 1. The first-order chi connectivity index (χ1) is 15.9. The molecule has 10 heteroatoms. The molecule has 2 aliphatic rings. The Kier molecular flexibility index (Phi) is 6.12. The number of alkyl carbamates (subject to hydrolysis) is 1. The number of nitrogens with one attached hydrogen (secondary N) is 1. The Hall–Kier alpha value is -3.04. The van der Waals surface area contributed by atoms with E-state index >= 15 is 4.39 Å². The molecule has 2 fully saturated rings. The quantitative estimate of drug-likeness (QED) is 0.643. The van der Waals surface area contributed by atoms with Crippen LogP contribution in [0.15, 0.2) is 15.7 Å². The molecule has 2 atom stereocenters. The number of hydrogen-bond donors (Lipinski definition) is 2. The van der Waals surface area contributed by atoms with E-state index in [1.54, 1.807) is 11.5 Å². The lowest BCUT2D eigenvalue weighted by atomic mass is 9.93. The average Bonchev–Trinajstić information content (AvgIpc) is 3.46. The van der Waals surface area contributed by atoms with E-state index in [1.165, 1.54) is 6.07 Å². The topological polar surface area (TPSA) is 112 Å². The van der Waals surface area contributed by atoms with E-state index in [0.29, 0.717) is 41.1 Å². The van der Waals surface area contributed by atoms with Crippen molar-refractivity contribution in [2.45, 2.75) is 65.5 Å². The number of aryl methyl sites for hydroxylation is 1. The van der Waals surface area contributed by atoms with Crippen LogP contribution in [0.1, 0.15) is 58.6 Å². The van der Waals surface area contributed by atoms with E-state index in [2.05, 4.69) is 12.2 Å². The first-order valence-electron chi connectivity index (χ1n) is 11.9. The third-order valence-corrected chi connectivity index (χ3v) is 6.79. The number of aromatic nitrogens is 2. The number of benzene rings is 1. The molecule has 0 radical (unpaired) electrons.